The molecule has 0 bridgehead atoms. The summed E-state index contributed by atoms with van der Waals surface area (Å²) in [6, 6.07) is 4.14. The lowest BCUT2D eigenvalue weighted by Crippen LogP contribution is -2.46. The third kappa shape index (κ3) is 3.81. The maximum Gasteiger partial charge on any atom is 0.238 e. The second kappa shape index (κ2) is 7.92. The highest BCUT2D eigenvalue weighted by Crippen LogP contribution is 2.43. The number of aromatic nitrogens is 3. The summed E-state index contributed by atoms with van der Waals surface area (Å²) in [5.74, 6) is 1.00. The Balaban J connectivity index is 0.000000169. The van der Waals surface area contributed by atoms with E-state index >= 15 is 0 Å². The van der Waals surface area contributed by atoms with E-state index in [1.54, 1.807) is 12.4 Å². The number of rotatable bonds is 2. The van der Waals surface area contributed by atoms with Gasteiger partial charge in [-0.3, -0.25) is 14.7 Å². The first kappa shape index (κ1) is 19.7. The van der Waals surface area contributed by atoms with Crippen LogP contribution in [0.1, 0.15) is 45.6 Å². The highest BCUT2D eigenvalue weighted by atomic mass is 16.2. The van der Waals surface area contributed by atoms with E-state index < -0.39 is 5.41 Å². The zero-order valence-corrected chi connectivity index (χ0v) is 16.7. The molecular formula is C22H27N5O. The molecule has 0 radical (unpaired) electrons. The van der Waals surface area contributed by atoms with Gasteiger partial charge < -0.3 is 5.73 Å². The zero-order chi connectivity index (χ0) is 20.3. The van der Waals surface area contributed by atoms with Gasteiger partial charge in [0.25, 0.3) is 0 Å². The van der Waals surface area contributed by atoms with Crippen molar-refractivity contribution in [2.24, 2.45) is 5.73 Å². The number of carbonyl (C=O) groups is 1. The van der Waals surface area contributed by atoms with E-state index in [0.29, 0.717) is 6.04 Å². The largest absolute Gasteiger partial charge is 0.402 e. The first-order valence-corrected chi connectivity index (χ1v) is 9.50. The number of anilines is 1. The van der Waals surface area contributed by atoms with Crippen molar-refractivity contribution < 1.29 is 4.79 Å². The molecule has 146 valence electrons. The van der Waals surface area contributed by atoms with Crippen LogP contribution < -0.4 is 21.2 Å². The van der Waals surface area contributed by atoms with Gasteiger partial charge in [-0.15, -0.1) is 0 Å². The third-order valence-corrected chi connectivity index (χ3v) is 5.22. The zero-order valence-electron chi connectivity index (χ0n) is 16.7. The van der Waals surface area contributed by atoms with Crippen LogP contribution in [0.3, 0.4) is 0 Å². The number of hydrogen-bond acceptors (Lipinski definition) is 5. The molecule has 2 aromatic rings. The van der Waals surface area contributed by atoms with E-state index in [2.05, 4.69) is 21.5 Å². The number of pyridine rings is 1. The Labute approximate surface area is 165 Å². The van der Waals surface area contributed by atoms with Crippen LogP contribution in [-0.2, 0) is 10.2 Å². The van der Waals surface area contributed by atoms with Crippen LogP contribution in [0.15, 0.2) is 42.6 Å². The normalized spacial score (nSPS) is 19.0. The first-order chi connectivity index (χ1) is 13.3. The third-order valence-electron chi connectivity index (χ3n) is 5.22. The Kier molecular flexibility index (Phi) is 5.58. The lowest BCUT2D eigenvalue weighted by atomic mass is 9.87. The highest BCUT2D eigenvalue weighted by molar-refractivity contribution is 6.06. The predicted molar refractivity (Wildman–Crippen MR) is 112 cm³/mol. The van der Waals surface area contributed by atoms with E-state index in [-0.39, 0.29) is 5.91 Å². The van der Waals surface area contributed by atoms with Gasteiger partial charge in [0.15, 0.2) is 0 Å². The van der Waals surface area contributed by atoms with Crippen LogP contribution in [-0.4, -0.2) is 26.9 Å². The number of amides is 1. The molecule has 0 unspecified atom stereocenters. The first-order valence-electron chi connectivity index (χ1n) is 9.50. The van der Waals surface area contributed by atoms with Crippen LogP contribution in [0.4, 0.5) is 5.82 Å². The minimum Gasteiger partial charge on any atom is -0.402 e. The molecular weight excluding hydrogens is 350 g/mol. The topological polar surface area (TPSA) is 85.0 Å². The predicted octanol–water partition coefficient (Wildman–Crippen LogP) is 1.79. The molecule has 0 saturated heterocycles. The molecule has 1 amide bonds. The number of nitrogens with two attached hydrogens (primary N) is 1. The number of carbonyl (C=O) groups excluding carboxylic acids is 1. The molecule has 1 saturated carbocycles. The molecule has 0 aromatic carbocycles. The minimum absolute atomic E-state index is 0.174. The molecule has 28 heavy (non-hydrogen) atoms. The summed E-state index contributed by atoms with van der Waals surface area (Å²) in [6.07, 6.45) is 12.1. The van der Waals surface area contributed by atoms with E-state index in [9.17, 15) is 4.79 Å². The fraction of sp³-hybridized carbons (Fsp3) is 0.364. The van der Waals surface area contributed by atoms with Gasteiger partial charge in [0.2, 0.25) is 5.91 Å². The summed E-state index contributed by atoms with van der Waals surface area (Å²) in [6.45, 7) is 9.58. The summed E-state index contributed by atoms with van der Waals surface area (Å²) < 4.78 is 0. The average Bonchev–Trinajstić information content (AvgIpc) is 2.82. The van der Waals surface area contributed by atoms with Crippen LogP contribution in [0.5, 0.6) is 0 Å². The summed E-state index contributed by atoms with van der Waals surface area (Å²) in [4.78, 5) is 26.7. The van der Waals surface area contributed by atoms with Gasteiger partial charge in [0.1, 0.15) is 12.1 Å². The van der Waals surface area contributed by atoms with Gasteiger partial charge in [-0.05, 0) is 63.5 Å². The minimum atomic E-state index is -0.466. The maximum absolute atomic E-state index is 12.4. The van der Waals surface area contributed by atoms with Crippen molar-refractivity contribution in [3.63, 3.8) is 0 Å². The van der Waals surface area contributed by atoms with Gasteiger partial charge in [0.05, 0.1) is 10.8 Å². The summed E-state index contributed by atoms with van der Waals surface area (Å²) in [7, 11) is 0. The SMILES string of the molecule is C=c1cccn/c1=C/C=C(\C)N.CC1(C)C(=O)N(C2CCC2)c2ncncc21. The van der Waals surface area contributed by atoms with Gasteiger partial charge >= 0.3 is 0 Å². The molecule has 4 rings (SSSR count). The van der Waals surface area contributed by atoms with Gasteiger partial charge in [-0.1, -0.05) is 12.6 Å². The molecule has 2 aromatic heterocycles. The molecule has 1 fully saturated rings. The number of allylic oxidation sites excluding steroid dienone is 2. The molecule has 3 heterocycles. The van der Waals surface area contributed by atoms with Crippen molar-refractivity contribution in [2.75, 3.05) is 4.90 Å². The molecule has 1 aliphatic carbocycles. The van der Waals surface area contributed by atoms with Gasteiger partial charge in [-0.2, -0.15) is 0 Å². The lowest BCUT2D eigenvalue weighted by molar-refractivity contribution is -0.122. The van der Waals surface area contributed by atoms with E-state index in [1.807, 2.05) is 50.0 Å². The fourth-order valence-electron chi connectivity index (χ4n) is 3.26. The molecule has 2 aliphatic rings. The van der Waals surface area contributed by atoms with E-state index in [4.69, 9.17) is 5.73 Å². The van der Waals surface area contributed by atoms with Crippen molar-refractivity contribution in [1.29, 1.82) is 0 Å². The van der Waals surface area contributed by atoms with Crippen LogP contribution in [0.2, 0.25) is 0 Å². The van der Waals surface area contributed by atoms with Gasteiger partial charge in [0, 0.05) is 29.7 Å². The fourth-order valence-corrected chi connectivity index (χ4v) is 3.26. The molecule has 6 nitrogen and oxygen atoms in total. The molecule has 0 atom stereocenters. The van der Waals surface area contributed by atoms with Crippen molar-refractivity contribution in [3.05, 3.63) is 58.8 Å². The summed E-state index contributed by atoms with van der Waals surface area (Å²) >= 11 is 0. The van der Waals surface area contributed by atoms with Crippen molar-refractivity contribution in [2.45, 2.75) is 51.5 Å². The van der Waals surface area contributed by atoms with Crippen molar-refractivity contribution in [1.82, 2.24) is 15.0 Å². The van der Waals surface area contributed by atoms with E-state index in [0.717, 1.165) is 40.5 Å². The Morgan fingerprint density at radius 3 is 2.71 bits per heavy atom. The Bertz CT molecular complexity index is 1000. The maximum atomic E-state index is 12.4. The average molecular weight is 377 g/mol. The number of fused-ring (bicyclic) bond motifs is 1. The second-order valence-corrected chi connectivity index (χ2v) is 7.77. The molecule has 0 spiro atoms. The van der Waals surface area contributed by atoms with Crippen LogP contribution in [0, 0.1) is 0 Å². The van der Waals surface area contributed by atoms with E-state index in [1.165, 1.54) is 12.7 Å². The smallest absolute Gasteiger partial charge is 0.238 e. The quantitative estimate of drug-likeness (QED) is 0.862. The molecule has 1 aliphatic heterocycles. The Morgan fingerprint density at radius 1 is 1.36 bits per heavy atom. The standard InChI is InChI=1S/C12H15N3O.C10H12N2/c1-12(2)9-6-13-7-14-10(9)15(11(12)16)8-4-3-5-8;1-8-4-3-7-12-10(8)6-5-9(2)11/h6-8H,3-5H2,1-2H3;3-7H,1,11H2,2H3/b;9-5+,10-6+. The van der Waals surface area contributed by atoms with Crippen molar-refractivity contribution in [3.8, 4) is 0 Å². The molecule has 2 N–H and O–H groups in total. The van der Waals surface area contributed by atoms with Gasteiger partial charge in [-0.25, -0.2) is 9.97 Å². The van der Waals surface area contributed by atoms with Crippen LogP contribution >= 0.6 is 0 Å². The van der Waals surface area contributed by atoms with Crippen LogP contribution in [0.25, 0.3) is 12.7 Å². The Hall–Kier alpha value is -3.02. The lowest BCUT2D eigenvalue weighted by Gasteiger charge is -2.35. The Morgan fingerprint density at radius 2 is 2.11 bits per heavy atom. The van der Waals surface area contributed by atoms with Crippen molar-refractivity contribution >= 4 is 24.4 Å². The number of nitrogens with zero attached hydrogens (tertiary/aromatic N) is 4. The second-order valence-electron chi connectivity index (χ2n) is 7.77. The summed E-state index contributed by atoms with van der Waals surface area (Å²) in [5.41, 5.74) is 6.73. The highest BCUT2D eigenvalue weighted by Gasteiger charge is 2.48. The summed E-state index contributed by atoms with van der Waals surface area (Å²) in [5, 5.41) is 1.78. The molecule has 6 heteroatoms. The number of hydrogen-bond donors (Lipinski definition) is 1. The monoisotopic (exact) mass is 377 g/mol.